The number of hydrogen-bond acceptors (Lipinski definition) is 4. The minimum absolute atomic E-state index is 0.193. The molecule has 8 heteroatoms. The molecular weight excluding hydrogens is 400 g/mol. The summed E-state index contributed by atoms with van der Waals surface area (Å²) in [6.45, 7) is 9.38. The van der Waals surface area contributed by atoms with Crippen LogP contribution in [0.5, 0.6) is 0 Å². The van der Waals surface area contributed by atoms with E-state index >= 15 is 0 Å². The summed E-state index contributed by atoms with van der Waals surface area (Å²) in [6.07, 6.45) is 6.96. The first-order chi connectivity index (χ1) is 14.0. The van der Waals surface area contributed by atoms with Crippen LogP contribution in [0, 0.1) is 22.2 Å². The molecule has 4 aliphatic carbocycles. The van der Waals surface area contributed by atoms with E-state index in [1.54, 1.807) is 8.61 Å². The summed E-state index contributed by atoms with van der Waals surface area (Å²) in [7, 11) is -1.39. The fourth-order valence-electron chi connectivity index (χ4n) is 8.33. The molecule has 0 aromatic rings. The van der Waals surface area contributed by atoms with E-state index in [1.807, 2.05) is 11.9 Å². The minimum Gasteiger partial charge on any atom is -0.340 e. The van der Waals surface area contributed by atoms with Crippen LogP contribution in [0.3, 0.4) is 0 Å². The van der Waals surface area contributed by atoms with Gasteiger partial charge in [-0.3, -0.25) is 4.79 Å². The third-order valence-corrected chi connectivity index (χ3v) is 10.8. The highest BCUT2D eigenvalue weighted by Gasteiger charge is 2.63. The molecule has 0 radical (unpaired) electrons. The molecule has 0 aromatic carbocycles. The van der Waals surface area contributed by atoms with Crippen LogP contribution >= 0.6 is 0 Å². The molecule has 7 nitrogen and oxygen atoms in total. The van der Waals surface area contributed by atoms with Crippen molar-refractivity contribution < 1.29 is 13.2 Å². The zero-order chi connectivity index (χ0) is 21.4. The number of piperazine rings is 2. The molecule has 0 spiro atoms. The van der Waals surface area contributed by atoms with E-state index in [4.69, 9.17) is 0 Å². The Hall–Kier alpha value is -0.700. The summed E-state index contributed by atoms with van der Waals surface area (Å²) >= 11 is 0. The van der Waals surface area contributed by atoms with E-state index in [0.29, 0.717) is 61.9 Å². The van der Waals surface area contributed by atoms with Gasteiger partial charge >= 0.3 is 0 Å². The molecule has 170 valence electrons. The monoisotopic (exact) mass is 438 g/mol. The summed E-state index contributed by atoms with van der Waals surface area (Å²) in [5.74, 6) is 1.01. The predicted molar refractivity (Wildman–Crippen MR) is 116 cm³/mol. The van der Waals surface area contributed by atoms with Crippen molar-refractivity contribution >= 4 is 16.1 Å². The zero-order valence-electron chi connectivity index (χ0n) is 18.9. The number of hydrogen-bond donors (Lipinski definition) is 0. The topological polar surface area (TPSA) is 64.2 Å². The average Bonchev–Trinajstić information content (AvgIpc) is 2.65. The maximum atomic E-state index is 13.8. The van der Waals surface area contributed by atoms with Crippen LogP contribution in [0.2, 0.25) is 0 Å². The molecule has 6 rings (SSSR count). The zero-order valence-corrected chi connectivity index (χ0v) is 19.7. The summed E-state index contributed by atoms with van der Waals surface area (Å²) in [5, 5.41) is 0. The highest BCUT2D eigenvalue weighted by molar-refractivity contribution is 7.86. The summed E-state index contributed by atoms with van der Waals surface area (Å²) < 4.78 is 29.3. The van der Waals surface area contributed by atoms with Crippen LogP contribution in [-0.2, 0) is 15.0 Å². The Morgan fingerprint density at radius 3 is 1.77 bits per heavy atom. The van der Waals surface area contributed by atoms with Gasteiger partial charge in [-0.25, -0.2) is 0 Å². The molecule has 2 unspecified atom stereocenters. The first kappa shape index (κ1) is 21.2. The molecule has 4 saturated carbocycles. The van der Waals surface area contributed by atoms with Crippen molar-refractivity contribution in [2.45, 2.75) is 52.4 Å². The second kappa shape index (κ2) is 6.90. The normalized spacial score (nSPS) is 43.3. The van der Waals surface area contributed by atoms with Crippen LogP contribution < -0.4 is 0 Å². The molecule has 2 atom stereocenters. The highest BCUT2D eigenvalue weighted by atomic mass is 32.2. The maximum absolute atomic E-state index is 13.8. The van der Waals surface area contributed by atoms with E-state index < -0.39 is 10.2 Å². The molecule has 1 amide bonds. The third kappa shape index (κ3) is 3.42. The van der Waals surface area contributed by atoms with E-state index in [-0.39, 0.29) is 5.41 Å². The van der Waals surface area contributed by atoms with E-state index in [9.17, 15) is 13.2 Å². The van der Waals surface area contributed by atoms with Gasteiger partial charge < -0.3 is 9.80 Å². The summed E-state index contributed by atoms with van der Waals surface area (Å²) in [4.78, 5) is 17.9. The van der Waals surface area contributed by atoms with Crippen molar-refractivity contribution in [3.63, 3.8) is 0 Å². The lowest BCUT2D eigenvalue weighted by Crippen LogP contribution is -2.63. The summed E-state index contributed by atoms with van der Waals surface area (Å²) in [6, 6.07) is 0. The Morgan fingerprint density at radius 2 is 1.27 bits per heavy atom. The lowest BCUT2D eigenvalue weighted by Gasteiger charge is -2.65. The standard InChI is InChI=1S/C22H38N4O3S/c1-20-12-18-13-21(2,15-20)17-22(14-18,16-20)19(27)24-6-10-26(11-7-24)30(28,29)25-8-4-23(3)5-9-25/h18H,4-17H2,1-3H3. The van der Waals surface area contributed by atoms with Crippen LogP contribution in [0.25, 0.3) is 0 Å². The van der Waals surface area contributed by atoms with E-state index in [1.165, 1.54) is 19.3 Å². The van der Waals surface area contributed by atoms with Crippen LogP contribution in [0.4, 0.5) is 0 Å². The molecule has 2 aliphatic heterocycles. The van der Waals surface area contributed by atoms with Crippen LogP contribution in [0.15, 0.2) is 0 Å². The van der Waals surface area contributed by atoms with Crippen LogP contribution in [0.1, 0.15) is 52.4 Å². The first-order valence-electron chi connectivity index (χ1n) is 11.8. The highest BCUT2D eigenvalue weighted by Crippen LogP contribution is 2.69. The number of amides is 1. The summed E-state index contributed by atoms with van der Waals surface area (Å²) in [5.41, 5.74) is 0.439. The molecule has 30 heavy (non-hydrogen) atoms. The van der Waals surface area contributed by atoms with Crippen molar-refractivity contribution in [1.29, 1.82) is 0 Å². The van der Waals surface area contributed by atoms with Gasteiger partial charge in [-0.05, 0) is 62.3 Å². The van der Waals surface area contributed by atoms with Gasteiger partial charge in [0.2, 0.25) is 5.91 Å². The van der Waals surface area contributed by atoms with E-state index in [0.717, 1.165) is 32.4 Å². The number of rotatable bonds is 3. The van der Waals surface area contributed by atoms with Gasteiger partial charge in [0.1, 0.15) is 0 Å². The average molecular weight is 439 g/mol. The molecule has 0 aromatic heterocycles. The van der Waals surface area contributed by atoms with Gasteiger partial charge in [-0.15, -0.1) is 0 Å². The number of nitrogens with zero attached hydrogens (tertiary/aromatic N) is 4. The quantitative estimate of drug-likeness (QED) is 0.672. The van der Waals surface area contributed by atoms with E-state index in [2.05, 4.69) is 18.7 Å². The van der Waals surface area contributed by atoms with Crippen molar-refractivity contribution in [2.75, 3.05) is 59.4 Å². The van der Waals surface area contributed by atoms with Crippen molar-refractivity contribution in [2.24, 2.45) is 22.2 Å². The minimum atomic E-state index is -3.42. The Labute approximate surface area is 181 Å². The lowest BCUT2D eigenvalue weighted by atomic mass is 9.40. The van der Waals surface area contributed by atoms with Gasteiger partial charge in [0, 0.05) is 52.4 Å². The first-order valence-corrected chi connectivity index (χ1v) is 13.2. The molecule has 2 saturated heterocycles. The van der Waals surface area contributed by atoms with Crippen molar-refractivity contribution in [3.8, 4) is 0 Å². The molecule has 6 fully saturated rings. The fraction of sp³-hybridized carbons (Fsp3) is 0.955. The SMILES string of the molecule is CN1CCN(S(=O)(=O)N2CCN(C(=O)C34CC5CC(C)(CC(C)(C5)C3)C4)CC2)CC1. The van der Waals surface area contributed by atoms with Gasteiger partial charge in [0.15, 0.2) is 0 Å². The Kier molecular flexibility index (Phi) is 4.87. The lowest BCUT2D eigenvalue weighted by molar-refractivity contribution is -0.180. The molecule has 4 bridgehead atoms. The van der Waals surface area contributed by atoms with Crippen molar-refractivity contribution in [3.05, 3.63) is 0 Å². The smallest absolute Gasteiger partial charge is 0.282 e. The Morgan fingerprint density at radius 1 is 0.767 bits per heavy atom. The van der Waals surface area contributed by atoms with Crippen LogP contribution in [-0.4, -0.2) is 92.1 Å². The number of carbonyl (C=O) groups excluding carboxylic acids is 1. The van der Waals surface area contributed by atoms with Gasteiger partial charge in [0.25, 0.3) is 10.2 Å². The number of carbonyl (C=O) groups is 1. The second-order valence-electron chi connectivity index (χ2n) is 11.8. The largest absolute Gasteiger partial charge is 0.340 e. The Balaban J connectivity index is 1.26. The molecule has 0 N–H and O–H groups in total. The fourth-order valence-corrected chi connectivity index (χ4v) is 9.90. The van der Waals surface area contributed by atoms with Gasteiger partial charge in [-0.1, -0.05) is 13.8 Å². The predicted octanol–water partition coefficient (Wildman–Crippen LogP) is 1.62. The molecule has 6 aliphatic rings. The Bertz CT molecular complexity index is 796. The van der Waals surface area contributed by atoms with Crippen molar-refractivity contribution in [1.82, 2.24) is 18.4 Å². The van der Waals surface area contributed by atoms with Gasteiger partial charge in [-0.2, -0.15) is 17.0 Å². The second-order valence-corrected chi connectivity index (χ2v) is 13.7. The number of likely N-dealkylation sites (N-methyl/N-ethyl adjacent to an activating group) is 1. The third-order valence-electron chi connectivity index (χ3n) is 8.72. The molecular formula is C22H38N4O3S. The maximum Gasteiger partial charge on any atom is 0.282 e. The molecule has 2 heterocycles. The van der Waals surface area contributed by atoms with Gasteiger partial charge in [0.05, 0.1) is 5.41 Å².